The topological polar surface area (TPSA) is 363 Å². The van der Waals surface area contributed by atoms with Crippen LogP contribution in [0.2, 0.25) is 0 Å². The summed E-state index contributed by atoms with van der Waals surface area (Å²) >= 11 is 0. The predicted molar refractivity (Wildman–Crippen MR) is 498 cm³/mol. The zero-order chi connectivity index (χ0) is 94.6. The Hall–Kier alpha value is -11.6. The number of nitrogens with one attached hydrogen (secondary N) is 2. The molecule has 0 spiro atoms. The van der Waals surface area contributed by atoms with E-state index in [1.54, 1.807) is 141 Å². The summed E-state index contributed by atoms with van der Waals surface area (Å²) in [6.07, 6.45) is 3.07. The van der Waals surface area contributed by atoms with Crippen molar-refractivity contribution in [1.29, 1.82) is 0 Å². The van der Waals surface area contributed by atoms with Gasteiger partial charge in [0.25, 0.3) is 5.91 Å². The molecule has 27 nitrogen and oxygen atoms in total. The van der Waals surface area contributed by atoms with Gasteiger partial charge in [-0.25, -0.2) is 0 Å². The van der Waals surface area contributed by atoms with Crippen LogP contribution in [0.15, 0.2) is 200 Å². The van der Waals surface area contributed by atoms with Gasteiger partial charge in [-0.15, -0.1) is 0 Å². The number of carbonyl (C=O) groups excluding carboxylic acids is 10. The molecule has 7 N–H and O–H groups in total. The number of nitrogens with two attached hydrogens (primary N) is 1. The minimum absolute atomic E-state index is 0.0117. The Morgan fingerprint density at radius 1 is 0.457 bits per heavy atom. The molecule has 27 heteroatoms. The number of nitrogens with zero attached hydrogens (tertiary/aromatic N) is 6. The van der Waals surface area contributed by atoms with Crippen LogP contribution in [0, 0.1) is 59.2 Å². The number of rotatable bonds is 45. The number of carboxylic acid groups (broad SMARTS) is 2. The quantitative estimate of drug-likeness (QED) is 0.00515. The summed E-state index contributed by atoms with van der Waals surface area (Å²) in [7, 11) is 19.3. The van der Waals surface area contributed by atoms with Crippen molar-refractivity contribution >= 4 is 82.6 Å². The summed E-state index contributed by atoms with van der Waals surface area (Å²) < 4.78 is 15.9. The number of imide groups is 1. The number of benzene rings is 7. The number of carboxylic acids is 2. The Labute approximate surface area is 760 Å². The van der Waals surface area contributed by atoms with Crippen LogP contribution < -0.4 is 26.2 Å². The van der Waals surface area contributed by atoms with E-state index >= 15 is 19.2 Å². The van der Waals surface area contributed by atoms with E-state index in [9.17, 15) is 48.6 Å². The van der Waals surface area contributed by atoms with Crippen molar-refractivity contribution in [2.75, 3.05) is 139 Å². The van der Waals surface area contributed by atoms with Crippen molar-refractivity contribution in [3.05, 3.63) is 239 Å². The molecule has 7 aromatic carbocycles. The molecule has 0 aliphatic carbocycles. The van der Waals surface area contributed by atoms with E-state index in [0.29, 0.717) is 72.2 Å². The number of ether oxygens (including phenoxy) is 3. The average Bonchev–Trinajstić information content (AvgIpc) is 1.63. The maximum atomic E-state index is 15.9. The van der Waals surface area contributed by atoms with Gasteiger partial charge in [-0.2, -0.15) is 0 Å². The second kappa shape index (κ2) is 52.7. The van der Waals surface area contributed by atoms with Crippen LogP contribution in [0.1, 0.15) is 170 Å². The van der Waals surface area contributed by atoms with Crippen molar-refractivity contribution < 1.29 is 87.1 Å². The lowest BCUT2D eigenvalue weighted by Crippen LogP contribution is -2.44. The van der Waals surface area contributed by atoms with Gasteiger partial charge in [0.2, 0.25) is 17.7 Å². The lowest BCUT2D eigenvalue weighted by Gasteiger charge is -2.37. The van der Waals surface area contributed by atoms with Crippen LogP contribution in [-0.2, 0) is 62.2 Å². The number of anilines is 2. The number of aliphatic carboxylic acids is 2. The number of hydrogen-bond donors (Lipinski definition) is 6. The number of hydrogen-bond acceptors (Lipinski definition) is 22. The molecule has 0 radical (unpaired) electrons. The number of aliphatic hydroxyl groups is 1. The second-order valence-electron chi connectivity index (χ2n) is 34.7. The first-order chi connectivity index (χ1) is 61.7. The number of carbonyl (C=O) groups is 12. The van der Waals surface area contributed by atoms with Gasteiger partial charge in [0.05, 0.1) is 65.7 Å². The van der Waals surface area contributed by atoms with E-state index < -0.39 is 130 Å². The van der Waals surface area contributed by atoms with Crippen LogP contribution in [-0.4, -0.2) is 236 Å². The first-order valence-corrected chi connectivity index (χ1v) is 44.8. The third-order valence-corrected chi connectivity index (χ3v) is 24.5. The molecule has 3 saturated heterocycles. The third kappa shape index (κ3) is 30.2. The number of amides is 4. The molecule has 15 atom stereocenters. The van der Waals surface area contributed by atoms with Gasteiger partial charge in [-0.1, -0.05) is 179 Å². The van der Waals surface area contributed by atoms with Gasteiger partial charge < -0.3 is 70.4 Å². The highest BCUT2D eigenvalue weighted by atomic mass is 16.6. The van der Waals surface area contributed by atoms with Gasteiger partial charge in [0, 0.05) is 76.8 Å². The fourth-order valence-electron chi connectivity index (χ4n) is 17.7. The summed E-state index contributed by atoms with van der Waals surface area (Å²) in [6, 6.07) is 59.6. The number of Topliss-reactive ketones (excluding diaryl/α,β-unsaturated/α-hetero) is 1. The van der Waals surface area contributed by atoms with Gasteiger partial charge in [0.1, 0.15) is 6.61 Å². The van der Waals surface area contributed by atoms with Crippen LogP contribution >= 0.6 is 0 Å². The molecule has 7 aromatic rings. The molecule has 15 unspecified atom stereocenters. The first-order valence-electron chi connectivity index (χ1n) is 44.8. The number of cyclic esters (lactones) is 4. The van der Waals surface area contributed by atoms with Gasteiger partial charge in [-0.05, 0) is 232 Å². The Morgan fingerprint density at radius 3 is 1.27 bits per heavy atom. The molecule has 696 valence electrons. The van der Waals surface area contributed by atoms with E-state index in [-0.39, 0.29) is 88.0 Å². The summed E-state index contributed by atoms with van der Waals surface area (Å²) in [5.74, 6) is -23.3. The summed E-state index contributed by atoms with van der Waals surface area (Å²) in [4.78, 5) is 177. The Morgan fingerprint density at radius 2 is 0.868 bits per heavy atom. The molecular weight excluding hydrogens is 1640 g/mol. The molecule has 10 rings (SSSR count). The van der Waals surface area contributed by atoms with Gasteiger partial charge in [0.15, 0.2) is 5.78 Å². The average molecular weight is 1780 g/mol. The van der Waals surface area contributed by atoms with Crippen molar-refractivity contribution in [2.45, 2.75) is 121 Å². The normalized spacial score (nSPS) is 18.6. The molecule has 0 saturated carbocycles. The van der Waals surface area contributed by atoms with Crippen LogP contribution in [0.25, 0.3) is 0 Å². The zero-order valence-electron chi connectivity index (χ0n) is 77.4. The van der Waals surface area contributed by atoms with E-state index in [4.69, 9.17) is 25.1 Å². The summed E-state index contributed by atoms with van der Waals surface area (Å²) in [5.41, 5.74) is 11.6. The maximum Gasteiger partial charge on any atom is 0.318 e. The highest BCUT2D eigenvalue weighted by Gasteiger charge is 2.56. The standard InChI is InChI=1S/C71H88N6O13.C14H16O3.C12H17NO2.C5H14N2/c1-9-52(46-24-14-10-15-25-46)62(70(87)89-41-37-73-63(78)50-32-34-51(35-33-50)76(7)8)58(68(84)85)44-55(49-30-20-13-21-31-49)61-56(65(80)77(66(61)81)40-23-39-75(5)6)42-54(48-28-18-12-19-29-48)60(64(79)72-36-22-38-74(3)4)57(67(82)83)43-53(47-26-16-11-17-27-47)59-45(2)69(86)90-71(59)88;1-3-11(10-7-5-4-6-8-10)12-9(2)13(15)17-14(12)16;1-13(2)11-7-5-10(6-8-11)12(15)4-3-9-14;1-7(2)5-3-4-6/h10-21,24-35,45,52-62H,9,22-23,36-44H2,1-8H3,(H,72,79)(H,73,78)(H,82,83)(H,84,85);4-9,11-12H,3H2,1-2H3;5-8,14H,3-4,9H2,1-2H3;3-6H2,1-2H3. The fourth-order valence-corrected chi connectivity index (χ4v) is 17.7. The van der Waals surface area contributed by atoms with Crippen molar-refractivity contribution in [2.24, 2.45) is 64.9 Å². The van der Waals surface area contributed by atoms with Crippen LogP contribution in [0.3, 0.4) is 0 Å². The van der Waals surface area contributed by atoms with Crippen molar-refractivity contribution in [3.8, 4) is 0 Å². The van der Waals surface area contributed by atoms with Crippen molar-refractivity contribution in [3.63, 3.8) is 0 Å². The van der Waals surface area contributed by atoms with Gasteiger partial charge in [-0.3, -0.25) is 62.4 Å². The molecule has 0 aromatic heterocycles. The highest BCUT2D eigenvalue weighted by Crippen LogP contribution is 2.52. The molecule has 4 amide bonds. The molecule has 3 heterocycles. The maximum absolute atomic E-state index is 15.9. The molecule has 3 aliphatic rings. The van der Waals surface area contributed by atoms with E-state index in [1.807, 2.05) is 163 Å². The van der Waals surface area contributed by atoms with E-state index in [2.05, 4.69) is 29.6 Å². The Kier molecular flexibility index (Phi) is 42.7. The third-order valence-electron chi connectivity index (χ3n) is 24.5. The van der Waals surface area contributed by atoms with Gasteiger partial charge >= 0.3 is 41.8 Å². The monoisotopic (exact) mass is 1770 g/mol. The number of aliphatic hydroxyl groups excluding tert-OH is 1. The predicted octanol–water partition coefficient (Wildman–Crippen LogP) is 12.5. The molecule has 129 heavy (non-hydrogen) atoms. The minimum Gasteiger partial charge on any atom is -0.481 e. The zero-order valence-corrected chi connectivity index (χ0v) is 77.4. The minimum atomic E-state index is -1.59. The number of ketones is 1. The SMILES string of the molecule is CCC(c1ccccc1)C(C(=O)OCCNC(=O)c1ccc(N(C)C)cc1)C(CC(c1ccccc1)C1C(=O)N(CCCN(C)C)C(=O)C1CC(c1ccccc1)C(C(=O)NCCCN(C)C)C(CC(c1ccccc1)C1C(=O)OC(=O)C1C)C(=O)O)C(=O)O.CCC(c1ccccc1)C1C(=O)OC(=O)C1C.CN(C)CCCN.CN(C)c1ccc(C(=O)CCCO)cc1. The smallest absolute Gasteiger partial charge is 0.318 e. The largest absolute Gasteiger partial charge is 0.481 e. The summed E-state index contributed by atoms with van der Waals surface area (Å²) in [6.45, 7) is 10.00. The molecule has 3 aliphatic heterocycles. The lowest BCUT2D eigenvalue weighted by atomic mass is 9.64. The number of likely N-dealkylation sites (tertiary alicyclic amines) is 1. The molecular formula is C102H135N9O18. The summed E-state index contributed by atoms with van der Waals surface area (Å²) in [5, 5.41) is 37.9. The Bertz CT molecular complexity index is 4720. The van der Waals surface area contributed by atoms with E-state index in [1.165, 1.54) is 4.90 Å². The van der Waals surface area contributed by atoms with E-state index in [0.717, 1.165) is 42.9 Å². The fraction of sp³-hybridized carbons (Fsp3) is 0.471. The van der Waals surface area contributed by atoms with Crippen LogP contribution in [0.4, 0.5) is 11.4 Å². The molecule has 3 fully saturated rings. The first kappa shape index (κ1) is 104. The number of esters is 5. The lowest BCUT2D eigenvalue weighted by molar-refractivity contribution is -0.159. The highest BCUT2D eigenvalue weighted by molar-refractivity contribution is 6.06. The van der Waals surface area contributed by atoms with Crippen molar-refractivity contribution in [1.82, 2.24) is 30.2 Å². The Balaban J connectivity index is 0.000000473. The van der Waals surface area contributed by atoms with Crippen LogP contribution in [0.5, 0.6) is 0 Å². The second-order valence-corrected chi connectivity index (χ2v) is 34.7. The molecule has 0 bridgehead atoms.